The molecule has 2 aromatic carbocycles. The lowest BCUT2D eigenvalue weighted by Crippen LogP contribution is -2.41. The average Bonchev–Trinajstić information content (AvgIpc) is 2.66. The van der Waals surface area contributed by atoms with Gasteiger partial charge in [0.2, 0.25) is 0 Å². The number of carbonyl (C=O) groups excluding carboxylic acids is 1. The van der Waals surface area contributed by atoms with Crippen molar-refractivity contribution in [2.24, 2.45) is 0 Å². The first-order chi connectivity index (χ1) is 12.9. The molecule has 3 aromatic rings. The van der Waals surface area contributed by atoms with Crippen molar-refractivity contribution >= 4 is 17.4 Å². The van der Waals surface area contributed by atoms with Gasteiger partial charge in [0.1, 0.15) is 0 Å². The molecular weight excluding hydrogens is 336 g/mol. The monoisotopic (exact) mass is 360 g/mol. The number of amides is 1. The number of hydrogen-bond donors (Lipinski definition) is 1. The van der Waals surface area contributed by atoms with Crippen LogP contribution in [0, 0.1) is 0 Å². The van der Waals surface area contributed by atoms with E-state index in [-0.39, 0.29) is 11.4 Å². The number of benzene rings is 2. The van der Waals surface area contributed by atoms with Gasteiger partial charge in [-0.15, -0.1) is 10.2 Å². The predicted molar refractivity (Wildman–Crippen MR) is 108 cm³/mol. The molecule has 138 valence electrons. The van der Waals surface area contributed by atoms with Gasteiger partial charge in [0, 0.05) is 17.8 Å². The van der Waals surface area contributed by atoms with Crippen molar-refractivity contribution in [3.63, 3.8) is 0 Å². The molecule has 0 aliphatic heterocycles. The molecule has 3 rings (SSSR count). The van der Waals surface area contributed by atoms with Crippen molar-refractivity contribution in [3.05, 3.63) is 84.1 Å². The summed E-state index contributed by atoms with van der Waals surface area (Å²) in [5.41, 5.74) is 2.17. The number of aromatic nitrogens is 2. The second-order valence-corrected chi connectivity index (χ2v) is 7.39. The number of hydrogen-bond acceptors (Lipinski definition) is 4. The number of para-hydroxylation sites is 1. The molecule has 0 radical (unpaired) electrons. The number of rotatable bonds is 5. The smallest absolute Gasteiger partial charge is 0.272 e. The van der Waals surface area contributed by atoms with Crippen LogP contribution in [-0.4, -0.2) is 21.6 Å². The minimum atomic E-state index is -0.319. The lowest BCUT2D eigenvalue weighted by Gasteiger charge is -2.24. The number of carbonyl (C=O) groups is 1. The first-order valence-electron chi connectivity index (χ1n) is 8.95. The third kappa shape index (κ3) is 5.14. The van der Waals surface area contributed by atoms with E-state index in [4.69, 9.17) is 0 Å². The summed E-state index contributed by atoms with van der Waals surface area (Å²) in [6.45, 7) is 6.46. The molecule has 0 aliphatic rings. The van der Waals surface area contributed by atoms with Crippen LogP contribution in [0.15, 0.2) is 72.8 Å². The van der Waals surface area contributed by atoms with Gasteiger partial charge in [-0.05, 0) is 50.6 Å². The van der Waals surface area contributed by atoms with Crippen molar-refractivity contribution < 1.29 is 4.79 Å². The summed E-state index contributed by atoms with van der Waals surface area (Å²) in [7, 11) is 0. The summed E-state index contributed by atoms with van der Waals surface area (Å²) in [5.74, 6) is 0.466. The van der Waals surface area contributed by atoms with Crippen LogP contribution in [0.25, 0.3) is 0 Å². The Balaban J connectivity index is 1.87. The lowest BCUT2D eigenvalue weighted by atomic mass is 10.1. The first-order valence-corrected chi connectivity index (χ1v) is 8.95. The Morgan fingerprint density at radius 2 is 1.52 bits per heavy atom. The van der Waals surface area contributed by atoms with Crippen molar-refractivity contribution in [3.8, 4) is 0 Å². The number of nitrogens with one attached hydrogen (secondary N) is 1. The van der Waals surface area contributed by atoms with E-state index in [0.29, 0.717) is 18.1 Å². The Morgan fingerprint density at radius 1 is 0.889 bits per heavy atom. The van der Waals surface area contributed by atoms with Crippen LogP contribution in [0.1, 0.15) is 36.8 Å². The summed E-state index contributed by atoms with van der Waals surface area (Å²) in [5, 5.41) is 11.4. The van der Waals surface area contributed by atoms with E-state index in [1.54, 1.807) is 6.07 Å². The second-order valence-electron chi connectivity index (χ2n) is 7.39. The maximum atomic E-state index is 12.3. The van der Waals surface area contributed by atoms with Gasteiger partial charge in [-0.2, -0.15) is 0 Å². The van der Waals surface area contributed by atoms with Crippen molar-refractivity contribution in [2.45, 2.75) is 32.9 Å². The minimum Gasteiger partial charge on any atom is -0.346 e. The fourth-order valence-electron chi connectivity index (χ4n) is 2.67. The molecule has 1 N–H and O–H groups in total. The Labute approximate surface area is 160 Å². The molecule has 5 nitrogen and oxygen atoms in total. The Hall–Kier alpha value is -3.21. The molecule has 0 unspecified atom stereocenters. The quantitative estimate of drug-likeness (QED) is 0.735. The van der Waals surface area contributed by atoms with Crippen molar-refractivity contribution in [1.82, 2.24) is 15.5 Å². The largest absolute Gasteiger partial charge is 0.346 e. The van der Waals surface area contributed by atoms with Crippen LogP contribution in [-0.2, 0) is 6.54 Å². The Morgan fingerprint density at radius 3 is 2.07 bits per heavy atom. The topological polar surface area (TPSA) is 58.1 Å². The predicted octanol–water partition coefficient (Wildman–Crippen LogP) is 4.34. The second kappa shape index (κ2) is 7.99. The maximum Gasteiger partial charge on any atom is 0.272 e. The lowest BCUT2D eigenvalue weighted by molar-refractivity contribution is 0.0913. The summed E-state index contributed by atoms with van der Waals surface area (Å²) >= 11 is 0. The highest BCUT2D eigenvalue weighted by Gasteiger charge is 2.18. The molecule has 0 aliphatic carbocycles. The molecular formula is C22H24N4O. The molecule has 1 aromatic heterocycles. The van der Waals surface area contributed by atoms with Crippen LogP contribution in [0.3, 0.4) is 0 Å². The van der Waals surface area contributed by atoms with Crippen LogP contribution >= 0.6 is 0 Å². The average molecular weight is 360 g/mol. The zero-order chi connectivity index (χ0) is 19.3. The molecule has 0 saturated heterocycles. The van der Waals surface area contributed by atoms with Crippen LogP contribution in [0.2, 0.25) is 0 Å². The van der Waals surface area contributed by atoms with Crippen molar-refractivity contribution in [2.75, 3.05) is 4.90 Å². The van der Waals surface area contributed by atoms with Gasteiger partial charge in [0.15, 0.2) is 11.5 Å². The molecule has 0 fully saturated rings. The van der Waals surface area contributed by atoms with E-state index in [9.17, 15) is 4.79 Å². The maximum absolute atomic E-state index is 12.3. The normalized spacial score (nSPS) is 11.1. The minimum absolute atomic E-state index is 0.226. The van der Waals surface area contributed by atoms with Gasteiger partial charge in [-0.1, -0.05) is 48.5 Å². The molecule has 0 bridgehead atoms. The van der Waals surface area contributed by atoms with Gasteiger partial charge < -0.3 is 10.2 Å². The van der Waals surface area contributed by atoms with Crippen LogP contribution in [0.4, 0.5) is 11.5 Å². The fraction of sp³-hybridized carbons (Fsp3) is 0.227. The molecule has 1 amide bonds. The highest BCUT2D eigenvalue weighted by atomic mass is 16.2. The molecule has 0 atom stereocenters. The number of nitrogens with zero attached hydrogens (tertiary/aromatic N) is 3. The summed E-state index contributed by atoms with van der Waals surface area (Å²) in [4.78, 5) is 14.4. The van der Waals surface area contributed by atoms with Crippen LogP contribution < -0.4 is 10.2 Å². The fourth-order valence-corrected chi connectivity index (χ4v) is 2.67. The highest BCUT2D eigenvalue weighted by Crippen LogP contribution is 2.25. The Kier molecular flexibility index (Phi) is 5.50. The van der Waals surface area contributed by atoms with Gasteiger partial charge in [0.25, 0.3) is 5.91 Å². The van der Waals surface area contributed by atoms with Gasteiger partial charge >= 0.3 is 0 Å². The molecule has 27 heavy (non-hydrogen) atoms. The van der Waals surface area contributed by atoms with Gasteiger partial charge in [-0.3, -0.25) is 4.79 Å². The van der Waals surface area contributed by atoms with E-state index in [1.807, 2.05) is 75.4 Å². The Bertz CT molecular complexity index is 872. The zero-order valence-corrected chi connectivity index (χ0v) is 15.9. The molecule has 0 saturated carbocycles. The highest BCUT2D eigenvalue weighted by molar-refractivity contribution is 5.92. The summed E-state index contributed by atoms with van der Waals surface area (Å²) in [6, 6.07) is 23.8. The third-order valence-corrected chi connectivity index (χ3v) is 3.90. The summed E-state index contributed by atoms with van der Waals surface area (Å²) in [6.07, 6.45) is 0. The zero-order valence-electron chi connectivity index (χ0n) is 15.9. The van der Waals surface area contributed by atoms with E-state index < -0.39 is 0 Å². The number of anilines is 2. The SMILES string of the molecule is CC(C)(C)NC(=O)c1ccc(N(Cc2ccccc2)c2ccccc2)nn1. The van der Waals surface area contributed by atoms with Gasteiger partial charge in [0.05, 0.1) is 0 Å². The first kappa shape index (κ1) is 18.6. The van der Waals surface area contributed by atoms with Crippen LogP contribution in [0.5, 0.6) is 0 Å². The van der Waals surface area contributed by atoms with Gasteiger partial charge in [-0.25, -0.2) is 0 Å². The van der Waals surface area contributed by atoms with E-state index in [0.717, 1.165) is 11.3 Å². The summed E-state index contributed by atoms with van der Waals surface area (Å²) < 4.78 is 0. The molecule has 5 heteroatoms. The van der Waals surface area contributed by atoms with Crippen molar-refractivity contribution in [1.29, 1.82) is 0 Å². The van der Waals surface area contributed by atoms with E-state index >= 15 is 0 Å². The third-order valence-electron chi connectivity index (χ3n) is 3.90. The molecule has 1 heterocycles. The van der Waals surface area contributed by atoms with E-state index in [2.05, 4.69) is 32.5 Å². The van der Waals surface area contributed by atoms with E-state index in [1.165, 1.54) is 0 Å². The standard InChI is InChI=1S/C22H24N4O/c1-22(2,3)23-21(27)19-14-15-20(25-24-19)26(18-12-8-5-9-13-18)16-17-10-6-4-7-11-17/h4-15H,16H2,1-3H3,(H,23,27). The molecule has 0 spiro atoms.